The van der Waals surface area contributed by atoms with E-state index in [0.29, 0.717) is 26.1 Å². The van der Waals surface area contributed by atoms with Gasteiger partial charge < -0.3 is 33.7 Å². The minimum Gasteiger partial charge on any atom is -0.481 e. The van der Waals surface area contributed by atoms with Crippen molar-refractivity contribution < 1.29 is 43.2 Å². The lowest BCUT2D eigenvalue weighted by Gasteiger charge is -2.22. The number of hydrogen-bond donors (Lipinski definition) is 1. The van der Waals surface area contributed by atoms with Crippen molar-refractivity contribution in [3.8, 4) is 0 Å². The van der Waals surface area contributed by atoms with E-state index in [1.165, 1.54) is 83.5 Å². The van der Waals surface area contributed by atoms with E-state index >= 15 is 0 Å². The Morgan fingerprint density at radius 1 is 0.583 bits per heavy atom. The molecule has 0 aromatic heterocycles. The molecule has 2 unspecified atom stereocenters. The minimum atomic E-state index is -0.880. The Morgan fingerprint density at radius 2 is 1.12 bits per heavy atom. The first-order chi connectivity index (χ1) is 29.4. The van der Waals surface area contributed by atoms with E-state index in [-0.39, 0.29) is 32.7 Å². The Balaban J connectivity index is 2.65. The van der Waals surface area contributed by atoms with E-state index < -0.39 is 36.2 Å². The van der Waals surface area contributed by atoms with Crippen molar-refractivity contribution in [2.45, 2.75) is 213 Å². The van der Waals surface area contributed by atoms with Crippen LogP contribution < -0.4 is 0 Å². The minimum absolute atomic E-state index is 0.0347. The van der Waals surface area contributed by atoms with Gasteiger partial charge in [-0.1, -0.05) is 141 Å². The topological polar surface area (TPSA) is 121 Å². The second-order valence-electron chi connectivity index (χ2n) is 17.0. The number of aliphatic carboxylic acids is 1. The zero-order chi connectivity index (χ0) is 43.6. The van der Waals surface area contributed by atoms with Gasteiger partial charge in [-0.25, -0.2) is 4.79 Å². The molecule has 1 aliphatic rings. The first-order valence-electron chi connectivity index (χ1n) is 24.8. The molecule has 1 N–H and O–H groups in total. The van der Waals surface area contributed by atoms with Gasteiger partial charge in [0.25, 0.3) is 0 Å². The zero-order valence-corrected chi connectivity index (χ0v) is 38.9. The molecule has 2 atom stereocenters. The van der Waals surface area contributed by atoms with Crippen molar-refractivity contribution in [2.75, 3.05) is 52.7 Å². The molecular weight excluding hydrogens is 759 g/mol. The monoisotopic (exact) mass is 850 g/mol. The number of ether oxygens (including phenoxy) is 5. The second kappa shape index (κ2) is 41.9. The fourth-order valence-electron chi connectivity index (χ4n) is 7.56. The number of carboxylic acids is 1. The third kappa shape index (κ3) is 35.2. The number of esters is 1. The molecule has 0 spiro atoms. The lowest BCUT2D eigenvalue weighted by Crippen LogP contribution is -2.27. The highest BCUT2D eigenvalue weighted by molar-refractivity contribution is 5.70. The largest absolute Gasteiger partial charge is 0.508 e. The molecule has 10 nitrogen and oxygen atoms in total. The highest BCUT2D eigenvalue weighted by Gasteiger charge is 2.25. The molecule has 1 heterocycles. The standard InChI is InChI=1S/C50H91NO9/c1-4-7-10-13-16-17-18-19-20-21-22-23-24-27-33-46(49(53)54)42-45(44-60-50(55)58-41-32-38-51-36-28-29-37-51)43-59-47(52)34-35-48(56-39-30-25-14-11-8-5-2)57-40-31-26-15-12-9-6-3/h16-17,19-20,45-46,48H,4-15,18,21-44H2,1-3H3,(H,53,54)/b17-16-,20-19-. The number of carbonyl (C=O) groups is 3. The molecular formula is C50H91NO9. The summed E-state index contributed by atoms with van der Waals surface area (Å²) in [4.78, 5) is 40.4. The predicted molar refractivity (Wildman–Crippen MR) is 244 cm³/mol. The van der Waals surface area contributed by atoms with Crippen molar-refractivity contribution in [2.24, 2.45) is 11.8 Å². The molecule has 350 valence electrons. The fourth-order valence-corrected chi connectivity index (χ4v) is 7.56. The maximum Gasteiger partial charge on any atom is 0.508 e. The Morgan fingerprint density at radius 3 is 1.73 bits per heavy atom. The van der Waals surface area contributed by atoms with Gasteiger partial charge in [0.05, 0.1) is 25.6 Å². The zero-order valence-electron chi connectivity index (χ0n) is 38.9. The summed E-state index contributed by atoms with van der Waals surface area (Å²) in [5.74, 6) is -2.38. The van der Waals surface area contributed by atoms with Crippen LogP contribution in [0.2, 0.25) is 0 Å². The third-order valence-electron chi connectivity index (χ3n) is 11.4. The average Bonchev–Trinajstić information content (AvgIpc) is 3.77. The Labute approximate surface area is 367 Å². The van der Waals surface area contributed by atoms with E-state index in [1.807, 2.05) is 0 Å². The molecule has 60 heavy (non-hydrogen) atoms. The van der Waals surface area contributed by atoms with Crippen molar-refractivity contribution in [1.29, 1.82) is 0 Å². The van der Waals surface area contributed by atoms with Gasteiger partial charge in [0, 0.05) is 32.1 Å². The summed E-state index contributed by atoms with van der Waals surface area (Å²) >= 11 is 0. The highest BCUT2D eigenvalue weighted by Crippen LogP contribution is 2.22. The molecule has 0 amide bonds. The van der Waals surface area contributed by atoms with Gasteiger partial charge in [-0.15, -0.1) is 0 Å². The van der Waals surface area contributed by atoms with Gasteiger partial charge in [-0.05, 0) is 90.1 Å². The second-order valence-corrected chi connectivity index (χ2v) is 17.0. The summed E-state index contributed by atoms with van der Waals surface area (Å²) in [6, 6.07) is 0. The normalized spacial score (nSPS) is 14.4. The summed E-state index contributed by atoms with van der Waals surface area (Å²) in [7, 11) is 0. The van der Waals surface area contributed by atoms with Gasteiger partial charge >= 0.3 is 18.1 Å². The maximum atomic E-state index is 13.1. The van der Waals surface area contributed by atoms with Crippen LogP contribution in [-0.4, -0.2) is 87.1 Å². The lowest BCUT2D eigenvalue weighted by atomic mass is 9.90. The molecule has 1 fully saturated rings. The molecule has 0 bridgehead atoms. The summed E-state index contributed by atoms with van der Waals surface area (Å²) in [5, 5.41) is 10.2. The first-order valence-corrected chi connectivity index (χ1v) is 24.8. The number of hydrogen-bond acceptors (Lipinski definition) is 9. The molecule has 0 radical (unpaired) electrons. The average molecular weight is 850 g/mol. The van der Waals surface area contributed by atoms with Crippen molar-refractivity contribution in [1.82, 2.24) is 4.90 Å². The number of unbranched alkanes of at least 4 members (excludes halogenated alkanes) is 17. The summed E-state index contributed by atoms with van der Waals surface area (Å²) in [5.41, 5.74) is 0. The number of carboxylic acid groups (broad SMARTS) is 1. The summed E-state index contributed by atoms with van der Waals surface area (Å²) in [6.45, 7) is 11.1. The first kappa shape index (κ1) is 55.6. The number of nitrogens with zero attached hydrogens (tertiary/aromatic N) is 1. The smallest absolute Gasteiger partial charge is 0.481 e. The molecule has 1 aliphatic heterocycles. The van der Waals surface area contributed by atoms with Crippen molar-refractivity contribution in [3.63, 3.8) is 0 Å². The lowest BCUT2D eigenvalue weighted by molar-refractivity contribution is -0.160. The van der Waals surface area contributed by atoms with Crippen LogP contribution in [0.3, 0.4) is 0 Å². The van der Waals surface area contributed by atoms with Crippen molar-refractivity contribution >= 4 is 18.1 Å². The number of carbonyl (C=O) groups excluding carboxylic acids is 2. The summed E-state index contributed by atoms with van der Waals surface area (Å²) in [6.07, 6.45) is 37.0. The molecule has 1 saturated heterocycles. The van der Waals surface area contributed by atoms with E-state index in [2.05, 4.69) is 50.0 Å². The van der Waals surface area contributed by atoms with Crippen LogP contribution in [-0.2, 0) is 33.3 Å². The SMILES string of the molecule is CCCCC/C=C\C/C=C\CCCCCCC(CC(COC(=O)CCC(OCCCCCCCC)OCCCCCCCC)COC(=O)OCCCN1CCCC1)C(=O)O. The number of rotatable bonds is 43. The van der Waals surface area contributed by atoms with Crippen LogP contribution in [0.4, 0.5) is 4.79 Å². The van der Waals surface area contributed by atoms with Crippen LogP contribution in [0.5, 0.6) is 0 Å². The van der Waals surface area contributed by atoms with Gasteiger partial charge in [-0.3, -0.25) is 9.59 Å². The fraction of sp³-hybridized carbons (Fsp3) is 0.860. The van der Waals surface area contributed by atoms with Gasteiger partial charge in [0.1, 0.15) is 6.61 Å². The van der Waals surface area contributed by atoms with Gasteiger partial charge in [0.2, 0.25) is 0 Å². The van der Waals surface area contributed by atoms with Crippen LogP contribution in [0.15, 0.2) is 24.3 Å². The third-order valence-corrected chi connectivity index (χ3v) is 11.4. The summed E-state index contributed by atoms with van der Waals surface area (Å²) < 4.78 is 28.7. The van der Waals surface area contributed by atoms with Crippen LogP contribution in [0.1, 0.15) is 207 Å². The Kier molecular flexibility index (Phi) is 38.8. The van der Waals surface area contributed by atoms with E-state index in [9.17, 15) is 19.5 Å². The van der Waals surface area contributed by atoms with Gasteiger partial charge in [0.15, 0.2) is 6.29 Å². The molecule has 0 saturated carbocycles. The Bertz CT molecular complexity index is 1040. The van der Waals surface area contributed by atoms with E-state index in [1.54, 1.807) is 0 Å². The van der Waals surface area contributed by atoms with E-state index in [4.69, 9.17) is 23.7 Å². The van der Waals surface area contributed by atoms with E-state index in [0.717, 1.165) is 96.7 Å². The van der Waals surface area contributed by atoms with Crippen molar-refractivity contribution in [3.05, 3.63) is 24.3 Å². The van der Waals surface area contributed by atoms with Crippen LogP contribution >= 0.6 is 0 Å². The number of allylic oxidation sites excluding steroid dienone is 4. The van der Waals surface area contributed by atoms with Crippen LogP contribution in [0.25, 0.3) is 0 Å². The molecule has 0 aromatic rings. The highest BCUT2D eigenvalue weighted by atomic mass is 16.7. The molecule has 0 aliphatic carbocycles. The quantitative estimate of drug-likeness (QED) is 0.0275. The maximum absolute atomic E-state index is 13.1. The van der Waals surface area contributed by atoms with Gasteiger partial charge in [-0.2, -0.15) is 0 Å². The van der Waals surface area contributed by atoms with Crippen LogP contribution in [0, 0.1) is 11.8 Å². The predicted octanol–water partition coefficient (Wildman–Crippen LogP) is 13.2. The molecule has 1 rings (SSSR count). The Hall–Kier alpha value is -2.43. The number of likely N-dealkylation sites (tertiary alicyclic amines) is 1. The molecule has 0 aromatic carbocycles. The molecule has 10 heteroatoms.